The molecule has 3 amide bonds. The molecule has 0 spiro atoms. The summed E-state index contributed by atoms with van der Waals surface area (Å²) in [5.74, 6) is -2.17. The molecular formula is C25H33ClN4O5. The van der Waals surface area contributed by atoms with E-state index in [2.05, 4.69) is 20.9 Å². The molecular weight excluding hydrogens is 472 g/mol. The van der Waals surface area contributed by atoms with Gasteiger partial charge in [-0.25, -0.2) is 4.79 Å². The standard InChI is InChI=1S/C25H33ClN4O5/c1-25(2,3)13-19(30-22(32)17-11-14-7-5-9-16(26)20(14)28-17)23(33)29-18(24(34)35-4)12-15-8-6-10-27-21(15)31/h5,7,9,11,15,18-19,28H,6,8,10,12-13H2,1-4H3,(H,27,31)(H,29,33)(H,30,32)/t15-,18?,19-/m0/s1. The molecule has 9 nitrogen and oxygen atoms in total. The number of amides is 3. The molecule has 10 heteroatoms. The molecule has 0 saturated carbocycles. The summed E-state index contributed by atoms with van der Waals surface area (Å²) in [6.45, 7) is 6.45. The minimum atomic E-state index is -1.01. The second-order valence-electron chi connectivity index (χ2n) is 10.1. The van der Waals surface area contributed by atoms with Crippen molar-refractivity contribution in [2.45, 2.75) is 58.5 Å². The average Bonchev–Trinajstić information content (AvgIpc) is 3.24. The molecule has 1 aromatic heterocycles. The number of aromatic nitrogens is 1. The molecule has 1 fully saturated rings. The third-order valence-corrected chi connectivity index (χ3v) is 6.33. The van der Waals surface area contributed by atoms with E-state index >= 15 is 0 Å². The Kier molecular flexibility index (Phi) is 8.43. The minimum Gasteiger partial charge on any atom is -0.467 e. The van der Waals surface area contributed by atoms with Gasteiger partial charge in [0, 0.05) is 17.8 Å². The van der Waals surface area contributed by atoms with Crippen molar-refractivity contribution in [3.63, 3.8) is 0 Å². The summed E-state index contributed by atoms with van der Waals surface area (Å²) >= 11 is 6.21. The van der Waals surface area contributed by atoms with Crippen molar-refractivity contribution >= 4 is 46.2 Å². The van der Waals surface area contributed by atoms with Gasteiger partial charge in [-0.1, -0.05) is 44.5 Å². The highest BCUT2D eigenvalue weighted by Crippen LogP contribution is 2.25. The lowest BCUT2D eigenvalue weighted by atomic mass is 9.87. The second-order valence-corrected chi connectivity index (χ2v) is 10.5. The number of hydrogen-bond donors (Lipinski definition) is 4. The highest BCUT2D eigenvalue weighted by Gasteiger charge is 2.34. The molecule has 2 aromatic rings. The first kappa shape index (κ1) is 26.5. The number of carbonyl (C=O) groups is 4. The van der Waals surface area contributed by atoms with E-state index in [0.717, 1.165) is 11.8 Å². The zero-order valence-corrected chi connectivity index (χ0v) is 21.3. The largest absolute Gasteiger partial charge is 0.467 e. The highest BCUT2D eigenvalue weighted by molar-refractivity contribution is 6.35. The summed E-state index contributed by atoms with van der Waals surface area (Å²) in [6.07, 6.45) is 1.88. The molecule has 1 aliphatic heterocycles. The average molecular weight is 505 g/mol. The van der Waals surface area contributed by atoms with Gasteiger partial charge >= 0.3 is 5.97 Å². The van der Waals surface area contributed by atoms with E-state index in [1.807, 2.05) is 26.8 Å². The van der Waals surface area contributed by atoms with E-state index in [1.165, 1.54) is 7.11 Å². The first-order chi connectivity index (χ1) is 16.5. The van der Waals surface area contributed by atoms with Crippen molar-refractivity contribution in [1.29, 1.82) is 0 Å². The van der Waals surface area contributed by atoms with Crippen LogP contribution in [0.25, 0.3) is 10.9 Å². The van der Waals surface area contributed by atoms with Gasteiger partial charge in [0.25, 0.3) is 5.91 Å². The van der Waals surface area contributed by atoms with Gasteiger partial charge in [0.2, 0.25) is 11.8 Å². The van der Waals surface area contributed by atoms with Crippen LogP contribution in [0.5, 0.6) is 0 Å². The van der Waals surface area contributed by atoms with Crippen molar-refractivity contribution in [2.75, 3.05) is 13.7 Å². The highest BCUT2D eigenvalue weighted by atomic mass is 35.5. The number of rotatable bonds is 8. The Labute approximate surface area is 209 Å². The monoisotopic (exact) mass is 504 g/mol. The van der Waals surface area contributed by atoms with Crippen LogP contribution in [0, 0.1) is 11.3 Å². The van der Waals surface area contributed by atoms with Crippen LogP contribution in [0.2, 0.25) is 5.02 Å². The number of fused-ring (bicyclic) bond motifs is 1. The Hall–Kier alpha value is -3.07. The number of methoxy groups -OCH3 is 1. The summed E-state index contributed by atoms with van der Waals surface area (Å²) in [5, 5.41) is 9.54. The van der Waals surface area contributed by atoms with Crippen LogP contribution in [0.3, 0.4) is 0 Å². The van der Waals surface area contributed by atoms with Gasteiger partial charge in [-0.2, -0.15) is 0 Å². The third kappa shape index (κ3) is 6.97. The van der Waals surface area contributed by atoms with Crippen molar-refractivity contribution in [3.05, 3.63) is 35.0 Å². The van der Waals surface area contributed by atoms with Gasteiger partial charge in [-0.3, -0.25) is 14.4 Å². The Morgan fingerprint density at radius 1 is 1.20 bits per heavy atom. The predicted octanol–water partition coefficient (Wildman–Crippen LogP) is 2.93. The fraction of sp³-hybridized carbons (Fsp3) is 0.520. The van der Waals surface area contributed by atoms with E-state index in [-0.39, 0.29) is 23.4 Å². The Bertz CT molecular complexity index is 1110. The van der Waals surface area contributed by atoms with E-state index in [9.17, 15) is 19.2 Å². The minimum absolute atomic E-state index is 0.126. The molecule has 190 valence electrons. The number of aromatic amines is 1. The first-order valence-electron chi connectivity index (χ1n) is 11.7. The summed E-state index contributed by atoms with van der Waals surface area (Å²) in [5.41, 5.74) is 0.596. The number of piperidine rings is 1. The topological polar surface area (TPSA) is 129 Å². The number of benzene rings is 1. The summed E-state index contributed by atoms with van der Waals surface area (Å²) in [4.78, 5) is 54.0. The lowest BCUT2D eigenvalue weighted by Crippen LogP contribution is -2.54. The van der Waals surface area contributed by atoms with Gasteiger partial charge in [0.05, 0.1) is 17.6 Å². The third-order valence-electron chi connectivity index (χ3n) is 6.01. The summed E-state index contributed by atoms with van der Waals surface area (Å²) < 4.78 is 4.88. The predicted molar refractivity (Wildman–Crippen MR) is 133 cm³/mol. The van der Waals surface area contributed by atoms with Crippen LogP contribution in [0.4, 0.5) is 0 Å². The lowest BCUT2D eigenvalue weighted by Gasteiger charge is -2.29. The van der Waals surface area contributed by atoms with E-state index in [0.29, 0.717) is 29.9 Å². The van der Waals surface area contributed by atoms with Crippen LogP contribution in [0.15, 0.2) is 24.3 Å². The molecule has 35 heavy (non-hydrogen) atoms. The van der Waals surface area contributed by atoms with Crippen molar-refractivity contribution in [2.24, 2.45) is 11.3 Å². The molecule has 0 bridgehead atoms. The van der Waals surface area contributed by atoms with Crippen LogP contribution < -0.4 is 16.0 Å². The fourth-order valence-corrected chi connectivity index (χ4v) is 4.50. The molecule has 3 atom stereocenters. The Morgan fingerprint density at radius 2 is 1.94 bits per heavy atom. The van der Waals surface area contributed by atoms with Gasteiger partial charge < -0.3 is 25.7 Å². The molecule has 4 N–H and O–H groups in total. The Morgan fingerprint density at radius 3 is 2.57 bits per heavy atom. The molecule has 0 radical (unpaired) electrons. The maximum Gasteiger partial charge on any atom is 0.328 e. The maximum absolute atomic E-state index is 13.3. The molecule has 1 saturated heterocycles. The first-order valence-corrected chi connectivity index (χ1v) is 12.1. The van der Waals surface area contributed by atoms with Gasteiger partial charge in [-0.15, -0.1) is 0 Å². The number of halogens is 1. The van der Waals surface area contributed by atoms with Crippen LogP contribution >= 0.6 is 11.6 Å². The summed E-state index contributed by atoms with van der Waals surface area (Å²) in [7, 11) is 1.23. The molecule has 3 rings (SSSR count). The zero-order valence-electron chi connectivity index (χ0n) is 20.5. The van der Waals surface area contributed by atoms with Crippen molar-refractivity contribution in [1.82, 2.24) is 20.9 Å². The number of esters is 1. The van der Waals surface area contributed by atoms with Gasteiger partial charge in [-0.05, 0) is 43.2 Å². The smallest absolute Gasteiger partial charge is 0.328 e. The van der Waals surface area contributed by atoms with E-state index in [1.54, 1.807) is 18.2 Å². The Balaban J connectivity index is 1.78. The molecule has 1 unspecified atom stereocenters. The number of hydrogen-bond acceptors (Lipinski definition) is 5. The number of para-hydroxylation sites is 1. The SMILES string of the molecule is COC(=O)C(C[C@@H]1CCCNC1=O)NC(=O)[C@H](CC(C)(C)C)NC(=O)c1cc2cccc(Cl)c2[nH]1. The number of nitrogens with one attached hydrogen (secondary N) is 4. The molecule has 1 aliphatic rings. The van der Waals surface area contributed by atoms with Crippen LogP contribution in [0.1, 0.15) is 56.9 Å². The second kappa shape index (κ2) is 11.1. The van der Waals surface area contributed by atoms with E-state index < -0.39 is 35.8 Å². The van der Waals surface area contributed by atoms with Crippen molar-refractivity contribution < 1.29 is 23.9 Å². The molecule has 2 heterocycles. The fourth-order valence-electron chi connectivity index (χ4n) is 4.27. The lowest BCUT2D eigenvalue weighted by molar-refractivity contribution is -0.146. The maximum atomic E-state index is 13.3. The number of H-pyrrole nitrogens is 1. The van der Waals surface area contributed by atoms with Crippen molar-refractivity contribution in [3.8, 4) is 0 Å². The van der Waals surface area contributed by atoms with Gasteiger partial charge in [0.15, 0.2) is 0 Å². The van der Waals surface area contributed by atoms with Crippen LogP contribution in [-0.4, -0.2) is 54.4 Å². The molecule has 1 aromatic carbocycles. The molecule has 0 aliphatic carbocycles. The summed E-state index contributed by atoms with van der Waals surface area (Å²) in [6, 6.07) is 5.08. The number of ether oxygens (including phenoxy) is 1. The van der Waals surface area contributed by atoms with E-state index in [4.69, 9.17) is 16.3 Å². The number of carbonyl (C=O) groups excluding carboxylic acids is 4. The quantitative estimate of drug-likeness (QED) is 0.411. The zero-order chi connectivity index (χ0) is 25.8. The van der Waals surface area contributed by atoms with Gasteiger partial charge in [0.1, 0.15) is 17.8 Å². The van der Waals surface area contributed by atoms with Crippen LogP contribution in [-0.2, 0) is 19.1 Å². The normalized spacial score (nSPS) is 17.9.